The topological polar surface area (TPSA) is 60.4 Å². The Morgan fingerprint density at radius 1 is 0.828 bits per heavy atom. The molecule has 0 aromatic rings. The molecule has 4 nitrogen and oxygen atoms in total. The highest BCUT2D eigenvalue weighted by atomic mass is 32.3. The van der Waals surface area contributed by atoms with Gasteiger partial charge < -0.3 is 0 Å². The van der Waals surface area contributed by atoms with Crippen LogP contribution in [0.15, 0.2) is 0 Å². The van der Waals surface area contributed by atoms with Crippen molar-refractivity contribution in [3.8, 4) is 0 Å². The van der Waals surface area contributed by atoms with Crippen molar-refractivity contribution in [1.82, 2.24) is 0 Å². The highest BCUT2D eigenvalue weighted by Gasteiger charge is 2.60. The van der Waals surface area contributed by atoms with Crippen LogP contribution in [-0.4, -0.2) is 30.2 Å². The molecule has 3 rings (SSSR count). The van der Waals surface area contributed by atoms with Crippen molar-refractivity contribution in [1.29, 1.82) is 0 Å². The first-order valence-corrected chi connectivity index (χ1v) is 13.6. The highest BCUT2D eigenvalue weighted by Crippen LogP contribution is 2.44. The average Bonchev–Trinajstić information content (AvgIpc) is 2.69. The van der Waals surface area contributed by atoms with E-state index in [0.29, 0.717) is 12.8 Å². The third kappa shape index (κ3) is 5.70. The van der Waals surface area contributed by atoms with Gasteiger partial charge in [0.2, 0.25) is 5.25 Å². The molecule has 0 radical (unpaired) electrons. The molecule has 2 atom stereocenters. The van der Waals surface area contributed by atoms with Gasteiger partial charge in [-0.15, -0.1) is 0 Å². The van der Waals surface area contributed by atoms with Gasteiger partial charge in [0.1, 0.15) is 0 Å². The number of hydrogen-bond acceptors (Lipinski definition) is 4. The summed E-state index contributed by atoms with van der Waals surface area (Å²) in [5.74, 6) is 0.176. The van der Waals surface area contributed by atoms with Gasteiger partial charge >= 0.3 is 15.6 Å². The van der Waals surface area contributed by atoms with Crippen LogP contribution in [0.3, 0.4) is 0 Å². The first kappa shape index (κ1) is 23.4. The Bertz CT molecular complexity index is 635. The molecule has 3 saturated carbocycles. The van der Waals surface area contributed by atoms with E-state index in [4.69, 9.17) is 3.63 Å². The van der Waals surface area contributed by atoms with E-state index in [9.17, 15) is 26.4 Å². The van der Waals surface area contributed by atoms with Gasteiger partial charge in [0.15, 0.2) is 22.2 Å². The lowest BCUT2D eigenvalue weighted by Crippen LogP contribution is -2.49. The lowest BCUT2D eigenvalue weighted by Gasteiger charge is -2.37. The number of carbonyl (C=O) groups is 1. The molecular weight excluding hydrogens is 425 g/mol. The number of carbonyl (C=O) groups excluding carboxylic acids is 1. The SMILES string of the molecule is O=C1CCCCC1[S+](OS(=O)(=O)C(F)(F)F)C(C1CCCCC1)C1CCCCC1. The van der Waals surface area contributed by atoms with E-state index in [-0.39, 0.29) is 22.9 Å². The normalized spacial score (nSPS) is 27.3. The van der Waals surface area contributed by atoms with Crippen LogP contribution in [0.25, 0.3) is 0 Å². The summed E-state index contributed by atoms with van der Waals surface area (Å²) in [5, 5.41) is -0.977. The van der Waals surface area contributed by atoms with Gasteiger partial charge in [0.05, 0.1) is 0 Å². The summed E-state index contributed by atoms with van der Waals surface area (Å²) < 4.78 is 68.7. The lowest BCUT2D eigenvalue weighted by molar-refractivity contribution is -0.119. The Kier molecular flexibility index (Phi) is 7.98. The smallest absolute Gasteiger partial charge is 0.294 e. The van der Waals surface area contributed by atoms with Crippen LogP contribution in [0.2, 0.25) is 0 Å². The fourth-order valence-electron chi connectivity index (χ4n) is 5.31. The highest BCUT2D eigenvalue weighted by molar-refractivity contribution is 8.04. The summed E-state index contributed by atoms with van der Waals surface area (Å²) in [6.07, 6.45) is 12.0. The van der Waals surface area contributed by atoms with Crippen LogP contribution in [0, 0.1) is 11.8 Å². The Morgan fingerprint density at radius 2 is 1.31 bits per heavy atom. The minimum absolute atomic E-state index is 0.117. The zero-order chi connectivity index (χ0) is 21.1. The number of hydrogen-bond donors (Lipinski definition) is 0. The molecule has 2 unspecified atom stereocenters. The monoisotopic (exact) mass is 457 g/mol. The van der Waals surface area contributed by atoms with Crippen molar-refractivity contribution in [2.45, 2.75) is 106 Å². The maximum absolute atomic E-state index is 13.2. The second-order valence-electron chi connectivity index (χ2n) is 8.76. The molecule has 0 aliphatic heterocycles. The molecule has 0 amide bonds. The van der Waals surface area contributed by atoms with E-state index < -0.39 is 32.1 Å². The Morgan fingerprint density at radius 3 is 1.76 bits per heavy atom. The first-order chi connectivity index (χ1) is 13.7. The molecule has 168 valence electrons. The van der Waals surface area contributed by atoms with E-state index in [1.807, 2.05) is 0 Å². The molecule has 9 heteroatoms. The van der Waals surface area contributed by atoms with E-state index in [0.717, 1.165) is 77.0 Å². The van der Waals surface area contributed by atoms with Crippen LogP contribution < -0.4 is 0 Å². The number of rotatable bonds is 6. The summed E-state index contributed by atoms with van der Waals surface area (Å²) in [7, 11) is -5.73. The Balaban J connectivity index is 1.97. The molecule has 0 bridgehead atoms. The van der Waals surface area contributed by atoms with E-state index >= 15 is 0 Å². The van der Waals surface area contributed by atoms with Crippen molar-refractivity contribution in [3.05, 3.63) is 0 Å². The molecular formula is C20H32F3O4S2+. The van der Waals surface area contributed by atoms with Crippen molar-refractivity contribution >= 4 is 27.1 Å². The molecule has 3 fully saturated rings. The number of halogens is 3. The fraction of sp³-hybridized carbons (Fsp3) is 0.950. The molecule has 0 N–H and O–H groups in total. The van der Waals surface area contributed by atoms with Crippen molar-refractivity contribution in [2.75, 3.05) is 0 Å². The van der Waals surface area contributed by atoms with E-state index in [1.54, 1.807) is 0 Å². The fourth-order valence-corrected chi connectivity index (χ4v) is 9.65. The average molecular weight is 458 g/mol. The van der Waals surface area contributed by atoms with Crippen LogP contribution >= 0.6 is 0 Å². The van der Waals surface area contributed by atoms with Gasteiger partial charge in [0.25, 0.3) is 0 Å². The molecule has 0 spiro atoms. The summed E-state index contributed by atoms with van der Waals surface area (Å²) in [6.45, 7) is 0. The third-order valence-electron chi connectivity index (χ3n) is 6.73. The van der Waals surface area contributed by atoms with E-state index in [1.165, 1.54) is 0 Å². The maximum Gasteiger partial charge on any atom is 0.527 e. The van der Waals surface area contributed by atoms with Crippen LogP contribution in [0.4, 0.5) is 13.2 Å². The Labute approximate surface area is 175 Å². The zero-order valence-electron chi connectivity index (χ0n) is 16.8. The quantitative estimate of drug-likeness (QED) is 0.394. The van der Waals surface area contributed by atoms with Gasteiger partial charge in [-0.3, -0.25) is 4.79 Å². The van der Waals surface area contributed by atoms with Gasteiger partial charge in [-0.1, -0.05) is 38.5 Å². The standard InChI is InChI=1S/C20H32F3O4S2/c21-20(22,23)29(25,26)27-28(18-14-8-7-13-17(18)24)19(15-9-3-1-4-10-15)16-11-5-2-6-12-16/h15-16,18-19H,1-14H2/q+1. The van der Waals surface area contributed by atoms with Crippen LogP contribution in [0.1, 0.15) is 89.9 Å². The van der Waals surface area contributed by atoms with Gasteiger partial charge in [-0.2, -0.15) is 21.6 Å². The van der Waals surface area contributed by atoms with Gasteiger partial charge in [-0.25, -0.2) is 0 Å². The summed E-state index contributed by atoms with van der Waals surface area (Å²) in [6, 6.07) is 0. The molecule has 3 aliphatic rings. The molecule has 0 saturated heterocycles. The second-order valence-corrected chi connectivity index (χ2v) is 12.4. The molecule has 0 aromatic heterocycles. The van der Waals surface area contributed by atoms with Crippen molar-refractivity contribution in [3.63, 3.8) is 0 Å². The molecule has 0 aromatic carbocycles. The van der Waals surface area contributed by atoms with E-state index in [2.05, 4.69) is 0 Å². The van der Waals surface area contributed by atoms with Crippen LogP contribution in [-0.2, 0) is 29.7 Å². The molecule has 3 aliphatic carbocycles. The van der Waals surface area contributed by atoms with Crippen molar-refractivity contribution in [2.24, 2.45) is 11.8 Å². The second kappa shape index (κ2) is 9.90. The predicted octanol–water partition coefficient (Wildman–Crippen LogP) is 5.43. The summed E-state index contributed by atoms with van der Waals surface area (Å²) in [4.78, 5) is 12.7. The molecule has 0 heterocycles. The number of alkyl halides is 3. The first-order valence-electron chi connectivity index (χ1n) is 11.0. The number of ketones is 1. The van der Waals surface area contributed by atoms with Gasteiger partial charge in [0, 0.05) is 24.7 Å². The predicted molar refractivity (Wildman–Crippen MR) is 108 cm³/mol. The summed E-state index contributed by atoms with van der Waals surface area (Å²) >= 11 is -1.55. The van der Waals surface area contributed by atoms with Crippen LogP contribution in [0.5, 0.6) is 0 Å². The third-order valence-corrected chi connectivity index (χ3v) is 11.0. The maximum atomic E-state index is 13.2. The Hall–Kier alpha value is -0.280. The lowest BCUT2D eigenvalue weighted by atomic mass is 9.77. The molecule has 29 heavy (non-hydrogen) atoms. The minimum atomic E-state index is -5.73. The van der Waals surface area contributed by atoms with Gasteiger partial charge in [-0.05, 0) is 42.2 Å². The minimum Gasteiger partial charge on any atom is -0.294 e. The largest absolute Gasteiger partial charge is 0.527 e. The number of Topliss-reactive ketones (excluding diaryl/α,β-unsaturated/α-hetero) is 1. The zero-order valence-corrected chi connectivity index (χ0v) is 18.4. The summed E-state index contributed by atoms with van der Waals surface area (Å²) in [5.41, 5.74) is -5.46. The van der Waals surface area contributed by atoms with Crippen molar-refractivity contribution < 1.29 is 30.0 Å².